The van der Waals surface area contributed by atoms with Gasteiger partial charge in [0.1, 0.15) is 33.5 Å². The van der Waals surface area contributed by atoms with Gasteiger partial charge in [0.15, 0.2) is 11.2 Å². The summed E-state index contributed by atoms with van der Waals surface area (Å²) in [7, 11) is 0. The summed E-state index contributed by atoms with van der Waals surface area (Å²) in [5.74, 6) is 0. The van der Waals surface area contributed by atoms with Crippen LogP contribution in [0.4, 0.5) is 34.1 Å². The quantitative estimate of drug-likeness (QED) is 0.144. The van der Waals surface area contributed by atoms with Gasteiger partial charge < -0.3 is 27.5 Å². The summed E-state index contributed by atoms with van der Waals surface area (Å²) in [6.07, 6.45) is 0. The summed E-state index contributed by atoms with van der Waals surface area (Å²) in [5.41, 5.74) is 20.1. The molecule has 98 heavy (non-hydrogen) atoms. The number of nitrogens with zero attached hydrogens (tertiary/aromatic N) is 2. The minimum Gasteiger partial charge on any atom is -0.456 e. The Hall–Kier alpha value is -12.6. The average molecular weight is 1260 g/mol. The normalized spacial score (nSPS) is 12.2. The number of fused-ring (bicyclic) bond motifs is 18. The number of rotatable bonds is 9. The fraction of sp³-hybridized carbons (Fsp3) is 0.0435. The largest absolute Gasteiger partial charge is 0.456 e. The molecular formula is C92H60N2O4. The first-order valence-corrected chi connectivity index (χ1v) is 33.6. The molecule has 0 radical (unpaired) electrons. The van der Waals surface area contributed by atoms with E-state index in [9.17, 15) is 0 Å². The maximum Gasteiger partial charge on any atom is 0.159 e. The maximum atomic E-state index is 7.48. The first kappa shape index (κ1) is 55.8. The molecule has 4 heterocycles. The standard InChI is InChI=1S/C92H60N2O4/c1-92(2,3)77-37-19-34-70-71-35-20-38-78(90(71)98-89(70)77)93(64-28-11-6-12-29-64)80-53-85-87(68-32-17-15-30-66(68)80)76-48-61-41-40-60(46-62(61)52-83(76)96-85)63-49-73(57-24-9-5-10-25-57)88-74(50-63)72-36-21-39-79(91(72)97-88)94(65-44-42-56(43-45-65)55-22-7-4-8-23-55)81-54-84-86(69-33-18-16-31-67(69)81)75-47-58-26-13-14-27-59(58)51-82(75)95-84/h4-54H,1-3H3. The molecule has 0 saturated carbocycles. The zero-order valence-corrected chi connectivity index (χ0v) is 54.0. The van der Waals surface area contributed by atoms with Crippen LogP contribution < -0.4 is 9.80 Å². The van der Waals surface area contributed by atoms with Crippen LogP contribution in [-0.2, 0) is 5.41 Å². The van der Waals surface area contributed by atoms with Gasteiger partial charge in [0.25, 0.3) is 0 Å². The fourth-order valence-corrected chi connectivity index (χ4v) is 15.7. The molecule has 4 aromatic heterocycles. The van der Waals surface area contributed by atoms with Gasteiger partial charge in [-0.25, -0.2) is 0 Å². The maximum absolute atomic E-state index is 7.48. The lowest BCUT2D eigenvalue weighted by Crippen LogP contribution is -2.11. The highest BCUT2D eigenvalue weighted by molar-refractivity contribution is 6.27. The Labute approximate surface area is 563 Å². The first-order valence-electron chi connectivity index (χ1n) is 33.6. The summed E-state index contributed by atoms with van der Waals surface area (Å²) < 4.78 is 28.7. The van der Waals surface area contributed by atoms with E-state index < -0.39 is 0 Å². The molecule has 462 valence electrons. The van der Waals surface area contributed by atoms with Crippen LogP contribution in [0.25, 0.3) is 164 Å². The monoisotopic (exact) mass is 1260 g/mol. The van der Waals surface area contributed by atoms with Crippen LogP contribution in [0.3, 0.4) is 0 Å². The number of hydrogen-bond donors (Lipinski definition) is 0. The van der Waals surface area contributed by atoms with Gasteiger partial charge in [-0.15, -0.1) is 0 Å². The van der Waals surface area contributed by atoms with Gasteiger partial charge in [0, 0.05) is 88.5 Å². The molecule has 0 saturated heterocycles. The summed E-state index contributed by atoms with van der Waals surface area (Å²) in [6, 6.07) is 111. The molecule has 0 aliphatic carbocycles. The molecule has 0 aliphatic heterocycles. The summed E-state index contributed by atoms with van der Waals surface area (Å²) in [6.45, 7) is 6.74. The van der Waals surface area contributed by atoms with Gasteiger partial charge in [-0.3, -0.25) is 0 Å². The van der Waals surface area contributed by atoms with E-state index in [1.54, 1.807) is 0 Å². The lowest BCUT2D eigenvalue weighted by atomic mass is 9.86. The second-order valence-electron chi connectivity index (χ2n) is 27.1. The van der Waals surface area contributed by atoms with Crippen LogP contribution >= 0.6 is 0 Å². The van der Waals surface area contributed by atoms with Gasteiger partial charge >= 0.3 is 0 Å². The van der Waals surface area contributed by atoms with E-state index in [2.05, 4.69) is 340 Å². The highest BCUT2D eigenvalue weighted by Gasteiger charge is 2.29. The number of anilines is 6. The van der Waals surface area contributed by atoms with E-state index in [-0.39, 0.29) is 5.41 Å². The van der Waals surface area contributed by atoms with Gasteiger partial charge in [-0.1, -0.05) is 239 Å². The van der Waals surface area contributed by atoms with E-state index in [1.165, 1.54) is 10.9 Å². The van der Waals surface area contributed by atoms with Gasteiger partial charge in [0.2, 0.25) is 0 Å². The third-order valence-corrected chi connectivity index (χ3v) is 20.3. The Bertz CT molecular complexity index is 6650. The van der Waals surface area contributed by atoms with Crippen molar-refractivity contribution in [2.45, 2.75) is 26.2 Å². The highest BCUT2D eigenvalue weighted by Crippen LogP contribution is 2.52. The molecule has 0 atom stereocenters. The topological polar surface area (TPSA) is 59.0 Å². The van der Waals surface area contributed by atoms with Crippen molar-refractivity contribution < 1.29 is 17.7 Å². The second kappa shape index (κ2) is 21.4. The van der Waals surface area contributed by atoms with Crippen LogP contribution in [0.2, 0.25) is 0 Å². The minimum absolute atomic E-state index is 0.116. The predicted octanol–water partition coefficient (Wildman–Crippen LogP) is 27.1. The molecule has 6 heteroatoms. The molecule has 0 N–H and O–H groups in total. The van der Waals surface area contributed by atoms with E-state index in [1.807, 2.05) is 0 Å². The van der Waals surface area contributed by atoms with Crippen LogP contribution in [-0.4, -0.2) is 0 Å². The fourth-order valence-electron chi connectivity index (χ4n) is 15.7. The zero-order chi connectivity index (χ0) is 64.9. The van der Waals surface area contributed by atoms with Crippen LogP contribution in [0, 0.1) is 0 Å². The third kappa shape index (κ3) is 8.67. The van der Waals surface area contributed by atoms with Crippen LogP contribution in [0.15, 0.2) is 327 Å². The molecule has 0 amide bonds. The highest BCUT2D eigenvalue weighted by atomic mass is 16.3. The van der Waals surface area contributed by atoms with E-state index in [0.717, 1.165) is 193 Å². The van der Waals surface area contributed by atoms with Crippen molar-refractivity contribution in [3.63, 3.8) is 0 Å². The molecule has 0 unspecified atom stereocenters. The lowest BCUT2D eigenvalue weighted by molar-refractivity contribution is 0.573. The average Bonchev–Trinajstić information content (AvgIpc) is 1.54. The Morgan fingerprint density at radius 2 is 0.684 bits per heavy atom. The summed E-state index contributed by atoms with van der Waals surface area (Å²) in [5, 5.41) is 17.5. The zero-order valence-electron chi connectivity index (χ0n) is 54.0. The SMILES string of the molecule is CC(C)(C)c1cccc2c1oc1c(N(c3ccccc3)c3cc4oc5cc6cc(-c7cc(-c8ccccc8)c8oc9c(N(c%10ccc(-c%11ccccc%11)cc%10)c%10cc%11oc%12cc%13ccccc%13cc%12c%11c%11ccccc%10%11)cccc9c8c7)ccc6cc5c4c4ccccc34)cccc12. The Morgan fingerprint density at radius 3 is 1.29 bits per heavy atom. The molecule has 16 aromatic carbocycles. The smallest absolute Gasteiger partial charge is 0.159 e. The third-order valence-electron chi connectivity index (χ3n) is 20.3. The van der Waals surface area contributed by atoms with E-state index >= 15 is 0 Å². The molecule has 20 rings (SSSR count). The Balaban J connectivity index is 0.754. The van der Waals surface area contributed by atoms with Crippen LogP contribution in [0.1, 0.15) is 26.3 Å². The van der Waals surface area contributed by atoms with Gasteiger partial charge in [-0.05, 0) is 144 Å². The second-order valence-corrected chi connectivity index (χ2v) is 27.1. The Kier molecular flexibility index (Phi) is 12.2. The number of hydrogen-bond acceptors (Lipinski definition) is 6. The minimum atomic E-state index is -0.116. The van der Waals surface area contributed by atoms with Crippen molar-refractivity contribution in [1.82, 2.24) is 0 Å². The summed E-state index contributed by atoms with van der Waals surface area (Å²) in [4.78, 5) is 4.71. The lowest BCUT2D eigenvalue weighted by Gasteiger charge is -2.27. The van der Waals surface area contributed by atoms with E-state index in [4.69, 9.17) is 17.7 Å². The van der Waals surface area contributed by atoms with Crippen LogP contribution in [0.5, 0.6) is 0 Å². The number of para-hydroxylation sites is 4. The van der Waals surface area contributed by atoms with Crippen molar-refractivity contribution in [1.29, 1.82) is 0 Å². The molecule has 0 fully saturated rings. The molecule has 0 spiro atoms. The van der Waals surface area contributed by atoms with Crippen molar-refractivity contribution in [3.05, 3.63) is 315 Å². The first-order chi connectivity index (χ1) is 48.2. The Morgan fingerprint density at radius 1 is 0.235 bits per heavy atom. The molecule has 0 bridgehead atoms. The van der Waals surface area contributed by atoms with Crippen molar-refractivity contribution in [2.24, 2.45) is 0 Å². The van der Waals surface area contributed by atoms with Crippen molar-refractivity contribution >= 4 is 165 Å². The van der Waals surface area contributed by atoms with Crippen molar-refractivity contribution in [2.75, 3.05) is 9.80 Å². The van der Waals surface area contributed by atoms with Gasteiger partial charge in [0.05, 0.1) is 22.7 Å². The number of furan rings is 4. The summed E-state index contributed by atoms with van der Waals surface area (Å²) >= 11 is 0. The van der Waals surface area contributed by atoms with Gasteiger partial charge in [-0.2, -0.15) is 0 Å². The molecular weight excluding hydrogens is 1200 g/mol. The molecule has 20 aromatic rings. The molecule has 6 nitrogen and oxygen atoms in total. The van der Waals surface area contributed by atoms with Crippen molar-refractivity contribution in [3.8, 4) is 33.4 Å². The number of benzene rings is 16. The molecule has 0 aliphatic rings. The van der Waals surface area contributed by atoms with E-state index in [0.29, 0.717) is 0 Å². The predicted molar refractivity (Wildman–Crippen MR) is 410 cm³/mol.